The molecule has 0 aliphatic carbocycles. The first-order valence-corrected chi connectivity index (χ1v) is 8.81. The van der Waals surface area contributed by atoms with E-state index in [0.29, 0.717) is 12.2 Å². The molecular weight excluding hydrogens is 311 g/mol. The van der Waals surface area contributed by atoms with E-state index in [1.54, 1.807) is 6.07 Å². The molecular formula is C14H19FN2O4S. The average Bonchev–Trinajstić information content (AvgIpc) is 2.71. The number of sulfone groups is 1. The molecule has 6 nitrogen and oxygen atoms in total. The Morgan fingerprint density at radius 1 is 1.41 bits per heavy atom. The van der Waals surface area contributed by atoms with E-state index < -0.39 is 27.7 Å². The predicted molar refractivity (Wildman–Crippen MR) is 81.4 cm³/mol. The highest BCUT2D eigenvalue weighted by Crippen LogP contribution is 2.21. The summed E-state index contributed by atoms with van der Waals surface area (Å²) in [6.07, 6.45) is 0.296. The first-order valence-electron chi connectivity index (χ1n) is 6.99. The number of carbonyl (C=O) groups is 1. The molecule has 1 fully saturated rings. The van der Waals surface area contributed by atoms with E-state index in [9.17, 15) is 17.6 Å². The van der Waals surface area contributed by atoms with Crippen molar-refractivity contribution in [3.63, 3.8) is 0 Å². The van der Waals surface area contributed by atoms with Crippen LogP contribution in [0.25, 0.3) is 0 Å². The molecule has 0 saturated carbocycles. The number of ether oxygens (including phenoxy) is 1. The average molecular weight is 330 g/mol. The molecule has 1 aliphatic rings. The lowest BCUT2D eigenvalue weighted by molar-refractivity contribution is 0.241. The highest BCUT2D eigenvalue weighted by molar-refractivity contribution is 7.91. The Balaban J connectivity index is 1.94. The van der Waals surface area contributed by atoms with Crippen LogP contribution in [0.2, 0.25) is 0 Å². The van der Waals surface area contributed by atoms with Gasteiger partial charge in [-0.15, -0.1) is 0 Å². The van der Waals surface area contributed by atoms with Crippen molar-refractivity contribution in [1.82, 2.24) is 5.32 Å². The van der Waals surface area contributed by atoms with Gasteiger partial charge in [-0.05, 0) is 32.4 Å². The number of anilines is 1. The molecule has 1 saturated heterocycles. The van der Waals surface area contributed by atoms with Gasteiger partial charge in [0.25, 0.3) is 0 Å². The van der Waals surface area contributed by atoms with Gasteiger partial charge in [-0.25, -0.2) is 17.6 Å². The first kappa shape index (κ1) is 16.5. The first-order chi connectivity index (χ1) is 10.2. The van der Waals surface area contributed by atoms with Crippen molar-refractivity contribution in [2.75, 3.05) is 16.8 Å². The van der Waals surface area contributed by atoms with E-state index in [4.69, 9.17) is 4.74 Å². The molecule has 2 N–H and O–H groups in total. The van der Waals surface area contributed by atoms with Gasteiger partial charge >= 0.3 is 6.03 Å². The summed E-state index contributed by atoms with van der Waals surface area (Å²) in [7, 11) is -3.07. The number of hydrogen-bond acceptors (Lipinski definition) is 4. The van der Waals surface area contributed by atoms with E-state index in [0.717, 1.165) is 0 Å². The van der Waals surface area contributed by atoms with Gasteiger partial charge in [-0.1, -0.05) is 0 Å². The Morgan fingerprint density at radius 3 is 2.68 bits per heavy atom. The number of carbonyl (C=O) groups excluding carboxylic acids is 1. The molecule has 122 valence electrons. The number of nitrogens with one attached hydrogen (secondary N) is 2. The van der Waals surface area contributed by atoms with Crippen LogP contribution >= 0.6 is 0 Å². The summed E-state index contributed by atoms with van der Waals surface area (Å²) in [4.78, 5) is 11.8. The molecule has 1 heterocycles. The third-order valence-corrected chi connectivity index (χ3v) is 4.90. The van der Waals surface area contributed by atoms with Gasteiger partial charge in [0.2, 0.25) is 0 Å². The fourth-order valence-electron chi connectivity index (χ4n) is 2.20. The van der Waals surface area contributed by atoms with Crippen LogP contribution in [0.4, 0.5) is 14.9 Å². The number of amides is 2. The maximum absolute atomic E-state index is 13.9. The Morgan fingerprint density at radius 2 is 2.14 bits per heavy atom. The van der Waals surface area contributed by atoms with Crippen molar-refractivity contribution in [2.45, 2.75) is 32.4 Å². The number of urea groups is 1. The minimum absolute atomic E-state index is 0.00876. The molecule has 1 unspecified atom stereocenters. The smallest absolute Gasteiger partial charge is 0.319 e. The minimum atomic E-state index is -3.07. The van der Waals surface area contributed by atoms with Crippen molar-refractivity contribution in [3.8, 4) is 5.75 Å². The van der Waals surface area contributed by atoms with E-state index in [1.165, 1.54) is 12.1 Å². The fourth-order valence-corrected chi connectivity index (χ4v) is 3.87. The topological polar surface area (TPSA) is 84.5 Å². The van der Waals surface area contributed by atoms with Crippen LogP contribution in [0.3, 0.4) is 0 Å². The van der Waals surface area contributed by atoms with Gasteiger partial charge in [0.05, 0.1) is 23.3 Å². The third kappa shape index (κ3) is 4.59. The van der Waals surface area contributed by atoms with E-state index in [2.05, 4.69) is 10.6 Å². The number of halogens is 1. The molecule has 2 rings (SSSR count). The highest BCUT2D eigenvalue weighted by atomic mass is 32.2. The number of rotatable bonds is 4. The van der Waals surface area contributed by atoms with Crippen LogP contribution < -0.4 is 15.4 Å². The van der Waals surface area contributed by atoms with Gasteiger partial charge in [0.1, 0.15) is 11.6 Å². The van der Waals surface area contributed by atoms with E-state index >= 15 is 0 Å². The SMILES string of the molecule is CC(C)Oc1ccc(NC(=O)NC2CCS(=O)(=O)C2)c(F)c1. The lowest BCUT2D eigenvalue weighted by Gasteiger charge is -2.14. The van der Waals surface area contributed by atoms with Gasteiger partial charge in [-0.3, -0.25) is 0 Å². The maximum atomic E-state index is 13.9. The Labute approximate surface area is 129 Å². The molecule has 1 atom stereocenters. The third-order valence-electron chi connectivity index (χ3n) is 3.13. The molecule has 1 aromatic carbocycles. The van der Waals surface area contributed by atoms with Crippen LogP contribution in [0.15, 0.2) is 18.2 Å². The lowest BCUT2D eigenvalue weighted by Crippen LogP contribution is -2.38. The summed E-state index contributed by atoms with van der Waals surface area (Å²) in [5, 5.41) is 4.90. The molecule has 22 heavy (non-hydrogen) atoms. The molecule has 1 aliphatic heterocycles. The molecule has 1 aromatic rings. The Hall–Kier alpha value is -1.83. The zero-order valence-corrected chi connectivity index (χ0v) is 13.2. The molecule has 0 radical (unpaired) electrons. The van der Waals surface area contributed by atoms with Crippen molar-refractivity contribution in [2.24, 2.45) is 0 Å². The summed E-state index contributed by atoms with van der Waals surface area (Å²) in [5.41, 5.74) is 0.00876. The van der Waals surface area contributed by atoms with Crippen LogP contribution in [0, 0.1) is 5.82 Å². The summed E-state index contributed by atoms with van der Waals surface area (Å²) in [6, 6.07) is 3.09. The van der Waals surface area contributed by atoms with Crippen molar-refractivity contribution < 1.29 is 22.3 Å². The van der Waals surface area contributed by atoms with Crippen LogP contribution in [0.5, 0.6) is 5.75 Å². The normalized spacial score (nSPS) is 19.9. The van der Waals surface area contributed by atoms with Crippen LogP contribution in [-0.4, -0.2) is 38.1 Å². The van der Waals surface area contributed by atoms with Gasteiger partial charge < -0.3 is 15.4 Å². The molecule has 8 heteroatoms. The summed E-state index contributed by atoms with van der Waals surface area (Å²) in [5.74, 6) is -0.259. The van der Waals surface area contributed by atoms with Gasteiger partial charge in [0, 0.05) is 12.1 Å². The predicted octanol–water partition coefficient (Wildman–Crippen LogP) is 1.92. The van der Waals surface area contributed by atoms with E-state index in [1.807, 2.05) is 13.8 Å². The molecule has 0 spiro atoms. The molecule has 2 amide bonds. The number of benzene rings is 1. The largest absolute Gasteiger partial charge is 0.491 e. The summed E-state index contributed by atoms with van der Waals surface area (Å²) < 4.78 is 41.9. The second-order valence-corrected chi connectivity index (χ2v) is 7.74. The second-order valence-electron chi connectivity index (χ2n) is 5.51. The highest BCUT2D eigenvalue weighted by Gasteiger charge is 2.29. The van der Waals surface area contributed by atoms with Crippen LogP contribution in [-0.2, 0) is 9.84 Å². The molecule has 0 bridgehead atoms. The Bertz CT molecular complexity index is 661. The van der Waals surface area contributed by atoms with Crippen LogP contribution in [0.1, 0.15) is 20.3 Å². The lowest BCUT2D eigenvalue weighted by atomic mass is 10.2. The maximum Gasteiger partial charge on any atom is 0.319 e. The standard InChI is InChI=1S/C14H19FN2O4S/c1-9(2)21-11-3-4-13(12(15)7-11)17-14(18)16-10-5-6-22(19,20)8-10/h3-4,7,9-10H,5-6,8H2,1-2H3,(H2,16,17,18). The quantitative estimate of drug-likeness (QED) is 0.883. The Kier molecular flexibility index (Phi) is 4.90. The zero-order valence-electron chi connectivity index (χ0n) is 12.4. The van der Waals surface area contributed by atoms with E-state index in [-0.39, 0.29) is 23.3 Å². The van der Waals surface area contributed by atoms with Crippen molar-refractivity contribution >= 4 is 21.6 Å². The minimum Gasteiger partial charge on any atom is -0.491 e. The second kappa shape index (κ2) is 6.51. The van der Waals surface area contributed by atoms with Gasteiger partial charge in [-0.2, -0.15) is 0 Å². The van der Waals surface area contributed by atoms with Crippen molar-refractivity contribution in [1.29, 1.82) is 0 Å². The number of hydrogen-bond donors (Lipinski definition) is 2. The van der Waals surface area contributed by atoms with Gasteiger partial charge in [0.15, 0.2) is 9.84 Å². The summed E-state index contributed by atoms with van der Waals surface area (Å²) in [6.45, 7) is 3.65. The monoisotopic (exact) mass is 330 g/mol. The summed E-state index contributed by atoms with van der Waals surface area (Å²) >= 11 is 0. The zero-order chi connectivity index (χ0) is 16.3. The molecule has 0 aromatic heterocycles. The van der Waals surface area contributed by atoms with Crippen molar-refractivity contribution in [3.05, 3.63) is 24.0 Å². The fraction of sp³-hybridized carbons (Fsp3) is 0.500.